The van der Waals surface area contributed by atoms with E-state index in [0.29, 0.717) is 29.1 Å². The lowest BCUT2D eigenvalue weighted by molar-refractivity contribution is -0.128. The molecule has 1 aliphatic heterocycles. The molecule has 9 heteroatoms. The number of nitrogens with zero attached hydrogens (tertiary/aromatic N) is 4. The van der Waals surface area contributed by atoms with Crippen molar-refractivity contribution < 1.29 is 4.79 Å². The number of H-pyrrole nitrogens is 2. The highest BCUT2D eigenvalue weighted by atomic mass is 16.2. The predicted octanol–water partition coefficient (Wildman–Crippen LogP) is 3.24. The topological polar surface area (TPSA) is 110 Å². The van der Waals surface area contributed by atoms with Crippen molar-refractivity contribution in [2.24, 2.45) is 5.92 Å². The molecule has 1 fully saturated rings. The van der Waals surface area contributed by atoms with E-state index in [2.05, 4.69) is 81.8 Å². The van der Waals surface area contributed by atoms with E-state index in [-0.39, 0.29) is 17.6 Å². The van der Waals surface area contributed by atoms with Gasteiger partial charge in [0.15, 0.2) is 5.65 Å². The number of anilines is 1. The summed E-state index contributed by atoms with van der Waals surface area (Å²) in [7, 11) is 0. The van der Waals surface area contributed by atoms with Gasteiger partial charge in [0.25, 0.3) is 0 Å². The number of amides is 1. The molecule has 1 saturated heterocycles. The Morgan fingerprint density at radius 2 is 1.79 bits per heavy atom. The molecule has 4 rings (SSSR count). The summed E-state index contributed by atoms with van der Waals surface area (Å²) in [5.41, 5.74) is 3.18. The van der Waals surface area contributed by atoms with Gasteiger partial charge in [0.05, 0.1) is 12.2 Å². The minimum atomic E-state index is -0.297. The van der Waals surface area contributed by atoms with Gasteiger partial charge in [-0.25, -0.2) is 9.78 Å². The number of hydrogen-bond acceptors (Lipinski definition) is 6. The van der Waals surface area contributed by atoms with E-state index >= 15 is 0 Å². The van der Waals surface area contributed by atoms with E-state index < -0.39 is 0 Å². The first-order valence-electron chi connectivity index (χ1n) is 11.8. The summed E-state index contributed by atoms with van der Waals surface area (Å²) in [5, 5.41) is 3.31. The maximum absolute atomic E-state index is 11.9. The second-order valence-electron chi connectivity index (χ2n) is 9.28. The van der Waals surface area contributed by atoms with Crippen LogP contribution in [0.4, 0.5) is 5.95 Å². The minimum Gasteiger partial charge on any atom is -0.348 e. The number of rotatable bonds is 8. The van der Waals surface area contributed by atoms with Gasteiger partial charge in [-0.05, 0) is 36.5 Å². The molecule has 3 N–H and O–H groups in total. The van der Waals surface area contributed by atoms with Gasteiger partial charge < -0.3 is 15.2 Å². The molecule has 1 amide bonds. The summed E-state index contributed by atoms with van der Waals surface area (Å²) in [6.07, 6.45) is 4.05. The molecule has 2 atom stereocenters. The van der Waals surface area contributed by atoms with E-state index in [1.807, 2.05) is 4.90 Å². The Kier molecular flexibility index (Phi) is 7.12. The molecular formula is C25H33N7O2. The lowest BCUT2D eigenvalue weighted by Gasteiger charge is -2.40. The van der Waals surface area contributed by atoms with Gasteiger partial charge in [0.2, 0.25) is 11.9 Å². The molecule has 0 saturated carbocycles. The van der Waals surface area contributed by atoms with Crippen molar-refractivity contribution in [1.29, 1.82) is 0 Å². The van der Waals surface area contributed by atoms with E-state index in [1.54, 1.807) is 6.20 Å². The fourth-order valence-corrected chi connectivity index (χ4v) is 4.51. The molecule has 0 bridgehead atoms. The van der Waals surface area contributed by atoms with Crippen LogP contribution >= 0.6 is 0 Å². The number of aromatic nitrogens is 4. The van der Waals surface area contributed by atoms with Gasteiger partial charge in [0, 0.05) is 32.2 Å². The Balaban J connectivity index is 1.45. The minimum absolute atomic E-state index is 0.00540. The number of benzene rings is 1. The van der Waals surface area contributed by atoms with Crippen LogP contribution in [0.2, 0.25) is 0 Å². The highest BCUT2D eigenvalue weighted by molar-refractivity contribution is 5.87. The fraction of sp³-hybridized carbons (Fsp3) is 0.440. The number of imidazole rings is 1. The lowest BCUT2D eigenvalue weighted by atomic mass is 9.93. The largest absolute Gasteiger partial charge is 0.348 e. The molecule has 3 aromatic rings. The third kappa shape index (κ3) is 5.36. The van der Waals surface area contributed by atoms with Crippen LogP contribution in [0.5, 0.6) is 0 Å². The zero-order valence-electron chi connectivity index (χ0n) is 20.0. The summed E-state index contributed by atoms with van der Waals surface area (Å²) < 4.78 is 0. The zero-order valence-corrected chi connectivity index (χ0v) is 20.0. The number of fused-ring (bicyclic) bond motifs is 1. The number of nitrogens with one attached hydrogen (secondary N) is 3. The van der Waals surface area contributed by atoms with E-state index in [9.17, 15) is 9.59 Å². The molecule has 3 heterocycles. The molecule has 1 aliphatic rings. The van der Waals surface area contributed by atoms with Crippen LogP contribution < -0.4 is 11.0 Å². The molecule has 2 aromatic heterocycles. The SMILES string of the molecule is C=CC(=O)N1CCN([C@@H](CC(C)C)c2ccc([C@H](C)Nc3ncc4[nH]c(=O)[nH]c4n3)cc2)CC1. The fourth-order valence-electron chi connectivity index (χ4n) is 4.51. The highest BCUT2D eigenvalue weighted by Crippen LogP contribution is 2.30. The van der Waals surface area contributed by atoms with E-state index in [0.717, 1.165) is 38.2 Å². The van der Waals surface area contributed by atoms with Crippen molar-refractivity contribution in [2.45, 2.75) is 39.3 Å². The van der Waals surface area contributed by atoms with Crippen LogP contribution in [0.15, 0.2) is 47.9 Å². The van der Waals surface area contributed by atoms with Gasteiger partial charge in [-0.2, -0.15) is 4.98 Å². The van der Waals surface area contributed by atoms with E-state index in [4.69, 9.17) is 0 Å². The maximum atomic E-state index is 11.9. The Morgan fingerprint density at radius 3 is 2.44 bits per heavy atom. The third-order valence-electron chi connectivity index (χ3n) is 6.37. The molecule has 0 spiro atoms. The predicted molar refractivity (Wildman–Crippen MR) is 134 cm³/mol. The number of piperazine rings is 1. The molecule has 0 unspecified atom stereocenters. The van der Waals surface area contributed by atoms with Crippen LogP contribution in [0.25, 0.3) is 11.2 Å². The summed E-state index contributed by atoms with van der Waals surface area (Å²) in [5.74, 6) is 1.03. The summed E-state index contributed by atoms with van der Waals surface area (Å²) in [4.78, 5) is 41.7. The average Bonchev–Trinajstić information content (AvgIpc) is 3.21. The molecular weight excluding hydrogens is 430 g/mol. The normalized spacial score (nSPS) is 16.5. The number of aromatic amines is 2. The van der Waals surface area contributed by atoms with Crippen LogP contribution in [-0.4, -0.2) is 61.8 Å². The smallest absolute Gasteiger partial charge is 0.325 e. The van der Waals surface area contributed by atoms with Crippen LogP contribution in [0.1, 0.15) is 50.4 Å². The van der Waals surface area contributed by atoms with Gasteiger partial charge >= 0.3 is 5.69 Å². The molecule has 0 aliphatic carbocycles. The Labute approximate surface area is 199 Å². The van der Waals surface area contributed by atoms with Gasteiger partial charge in [-0.3, -0.25) is 14.7 Å². The van der Waals surface area contributed by atoms with Crippen molar-refractivity contribution >= 4 is 23.0 Å². The van der Waals surface area contributed by atoms with Gasteiger partial charge in [0.1, 0.15) is 5.52 Å². The van der Waals surface area contributed by atoms with Crippen molar-refractivity contribution in [3.63, 3.8) is 0 Å². The summed E-state index contributed by atoms with van der Waals surface area (Å²) in [6.45, 7) is 13.3. The monoisotopic (exact) mass is 463 g/mol. The summed E-state index contributed by atoms with van der Waals surface area (Å²) >= 11 is 0. The number of carbonyl (C=O) groups is 1. The lowest BCUT2D eigenvalue weighted by Crippen LogP contribution is -2.49. The van der Waals surface area contributed by atoms with Gasteiger partial charge in [-0.15, -0.1) is 0 Å². The molecule has 9 nitrogen and oxygen atoms in total. The Morgan fingerprint density at radius 1 is 1.12 bits per heavy atom. The van der Waals surface area contributed by atoms with Crippen LogP contribution in [0, 0.1) is 5.92 Å². The van der Waals surface area contributed by atoms with Crippen molar-refractivity contribution in [1.82, 2.24) is 29.7 Å². The Hall–Kier alpha value is -3.46. The van der Waals surface area contributed by atoms with Crippen molar-refractivity contribution in [2.75, 3.05) is 31.5 Å². The third-order valence-corrected chi connectivity index (χ3v) is 6.37. The van der Waals surface area contributed by atoms with Crippen LogP contribution in [-0.2, 0) is 4.79 Å². The molecule has 0 radical (unpaired) electrons. The van der Waals surface area contributed by atoms with Crippen LogP contribution in [0.3, 0.4) is 0 Å². The second kappa shape index (κ2) is 10.2. The molecule has 180 valence electrons. The highest BCUT2D eigenvalue weighted by Gasteiger charge is 2.27. The summed E-state index contributed by atoms with van der Waals surface area (Å²) in [6, 6.07) is 9.01. The number of hydrogen-bond donors (Lipinski definition) is 3. The maximum Gasteiger partial charge on any atom is 0.325 e. The number of carbonyl (C=O) groups excluding carboxylic acids is 1. The van der Waals surface area contributed by atoms with Crippen molar-refractivity contribution in [3.05, 3.63) is 64.7 Å². The van der Waals surface area contributed by atoms with Crippen molar-refractivity contribution in [3.8, 4) is 0 Å². The first kappa shape index (κ1) is 23.7. The average molecular weight is 464 g/mol. The first-order valence-corrected chi connectivity index (χ1v) is 11.8. The van der Waals surface area contributed by atoms with Gasteiger partial charge in [-0.1, -0.05) is 44.7 Å². The molecule has 34 heavy (non-hydrogen) atoms. The molecule has 1 aromatic carbocycles. The second-order valence-corrected chi connectivity index (χ2v) is 9.28. The quantitative estimate of drug-likeness (QED) is 0.443. The van der Waals surface area contributed by atoms with E-state index in [1.165, 1.54) is 11.6 Å². The Bertz CT molecular complexity index is 1190. The standard InChI is InChI=1S/C25H33N7O2/c1-5-22(33)32-12-10-31(11-13-32)21(14-16(2)3)19-8-6-18(7-9-19)17(4)27-24-26-15-20-23(29-24)30-25(34)28-20/h5-9,15-17,21H,1,10-14H2,2-4H3,(H3,26,27,28,29,30,34)/t17-,21-/m0/s1. The zero-order chi connectivity index (χ0) is 24.2. The first-order chi connectivity index (χ1) is 16.3.